The number of piperazine rings is 1. The zero-order valence-electron chi connectivity index (χ0n) is 16.4. The molecule has 3 aliphatic heterocycles. The van der Waals surface area contributed by atoms with E-state index in [0.29, 0.717) is 12.5 Å². The molecule has 150 valence electrons. The molecular formula is C22H29N3O3. The third kappa shape index (κ3) is 4.62. The van der Waals surface area contributed by atoms with E-state index >= 15 is 0 Å². The molecule has 1 aromatic carbocycles. The molecule has 1 unspecified atom stereocenters. The number of anilines is 1. The average molecular weight is 383 g/mol. The molecule has 0 aliphatic carbocycles. The van der Waals surface area contributed by atoms with Crippen LogP contribution in [-0.4, -0.2) is 73.6 Å². The number of carbonyl (C=O) groups is 2. The highest BCUT2D eigenvalue weighted by atomic mass is 16.5. The number of carbonyl (C=O) groups excluding carboxylic acids is 2. The van der Waals surface area contributed by atoms with E-state index in [4.69, 9.17) is 4.74 Å². The number of rotatable bonds is 5. The van der Waals surface area contributed by atoms with Gasteiger partial charge in [-0.2, -0.15) is 0 Å². The molecule has 6 nitrogen and oxygen atoms in total. The van der Waals surface area contributed by atoms with Gasteiger partial charge < -0.3 is 14.5 Å². The number of amides is 2. The van der Waals surface area contributed by atoms with E-state index in [9.17, 15) is 9.59 Å². The van der Waals surface area contributed by atoms with Crippen LogP contribution in [0.4, 0.5) is 5.69 Å². The lowest BCUT2D eigenvalue weighted by Crippen LogP contribution is -2.50. The van der Waals surface area contributed by atoms with Gasteiger partial charge in [0.15, 0.2) is 0 Å². The summed E-state index contributed by atoms with van der Waals surface area (Å²) in [5.41, 5.74) is 1.91. The first-order valence-corrected chi connectivity index (χ1v) is 10.4. The van der Waals surface area contributed by atoms with Crippen molar-refractivity contribution in [2.75, 3.05) is 50.8 Å². The summed E-state index contributed by atoms with van der Waals surface area (Å²) in [5, 5.41) is 0. The summed E-state index contributed by atoms with van der Waals surface area (Å²) in [6.07, 6.45) is 7.78. The van der Waals surface area contributed by atoms with Crippen molar-refractivity contribution < 1.29 is 14.3 Å². The lowest BCUT2D eigenvalue weighted by atomic mass is 10.1. The van der Waals surface area contributed by atoms with Crippen molar-refractivity contribution in [1.82, 2.24) is 9.80 Å². The second kappa shape index (κ2) is 8.88. The van der Waals surface area contributed by atoms with Crippen LogP contribution in [0.25, 0.3) is 6.08 Å². The molecule has 6 heteroatoms. The third-order valence-electron chi connectivity index (χ3n) is 5.87. The molecular weight excluding hydrogens is 354 g/mol. The quantitative estimate of drug-likeness (QED) is 0.731. The van der Waals surface area contributed by atoms with Crippen LogP contribution in [0, 0.1) is 0 Å². The Hall–Kier alpha value is -2.18. The molecule has 0 saturated carbocycles. The van der Waals surface area contributed by atoms with Crippen LogP contribution in [0.15, 0.2) is 30.3 Å². The van der Waals surface area contributed by atoms with E-state index in [-0.39, 0.29) is 11.8 Å². The fraction of sp³-hybridized carbons (Fsp3) is 0.545. The molecule has 0 aromatic heterocycles. The largest absolute Gasteiger partial charge is 0.377 e. The zero-order valence-corrected chi connectivity index (χ0v) is 16.4. The first-order valence-electron chi connectivity index (χ1n) is 10.4. The highest BCUT2D eigenvalue weighted by molar-refractivity contribution is 5.95. The van der Waals surface area contributed by atoms with Crippen molar-refractivity contribution in [2.45, 2.75) is 31.8 Å². The minimum Gasteiger partial charge on any atom is -0.377 e. The van der Waals surface area contributed by atoms with Crippen LogP contribution in [0.1, 0.15) is 31.2 Å². The van der Waals surface area contributed by atoms with Crippen LogP contribution < -0.4 is 4.90 Å². The van der Waals surface area contributed by atoms with Gasteiger partial charge in [-0.3, -0.25) is 14.5 Å². The van der Waals surface area contributed by atoms with E-state index in [2.05, 4.69) is 4.90 Å². The molecule has 0 radical (unpaired) electrons. The van der Waals surface area contributed by atoms with Gasteiger partial charge in [-0.25, -0.2) is 0 Å². The number of ether oxygens (including phenoxy) is 1. The predicted molar refractivity (Wildman–Crippen MR) is 109 cm³/mol. The summed E-state index contributed by atoms with van der Waals surface area (Å²) in [6.45, 7) is 6.05. The molecule has 3 aliphatic rings. The first-order chi connectivity index (χ1) is 13.7. The Balaban J connectivity index is 1.25. The molecule has 0 N–H and O–H groups in total. The van der Waals surface area contributed by atoms with Gasteiger partial charge >= 0.3 is 0 Å². The summed E-state index contributed by atoms with van der Waals surface area (Å²) in [4.78, 5) is 30.5. The second-order valence-electron chi connectivity index (χ2n) is 7.83. The normalized spacial score (nSPS) is 23.9. The third-order valence-corrected chi connectivity index (χ3v) is 5.87. The number of hydrogen-bond donors (Lipinski definition) is 0. The lowest BCUT2D eigenvalue weighted by Gasteiger charge is -2.35. The van der Waals surface area contributed by atoms with Crippen LogP contribution in [0.3, 0.4) is 0 Å². The maximum absolute atomic E-state index is 12.5. The molecule has 4 rings (SSSR count). The average Bonchev–Trinajstić information content (AvgIpc) is 3.39. The minimum atomic E-state index is 0.0653. The highest BCUT2D eigenvalue weighted by Crippen LogP contribution is 2.22. The Kier molecular flexibility index (Phi) is 6.07. The van der Waals surface area contributed by atoms with Crippen LogP contribution >= 0.6 is 0 Å². The summed E-state index contributed by atoms with van der Waals surface area (Å²) >= 11 is 0. The van der Waals surface area contributed by atoms with Gasteiger partial charge in [0.25, 0.3) is 0 Å². The molecule has 3 fully saturated rings. The molecule has 3 heterocycles. The van der Waals surface area contributed by atoms with E-state index in [0.717, 1.165) is 70.0 Å². The Morgan fingerprint density at radius 1 is 1.07 bits per heavy atom. The van der Waals surface area contributed by atoms with Crippen molar-refractivity contribution in [3.05, 3.63) is 35.9 Å². The first kappa shape index (κ1) is 19.2. The molecule has 1 aromatic rings. The molecule has 0 spiro atoms. The van der Waals surface area contributed by atoms with E-state index in [1.165, 1.54) is 6.42 Å². The van der Waals surface area contributed by atoms with Crippen LogP contribution in [0.5, 0.6) is 0 Å². The van der Waals surface area contributed by atoms with E-state index in [1.54, 1.807) is 6.08 Å². The SMILES string of the molecule is O=C(/C=C/c1ccc(N2CCCC2=O)cc1)N1CCN(CC2CCCO2)CC1. The van der Waals surface area contributed by atoms with Crippen molar-refractivity contribution in [2.24, 2.45) is 0 Å². The molecule has 1 atom stereocenters. The number of hydrogen-bond acceptors (Lipinski definition) is 4. The molecule has 3 saturated heterocycles. The van der Waals surface area contributed by atoms with E-state index < -0.39 is 0 Å². The Morgan fingerprint density at radius 2 is 1.86 bits per heavy atom. The number of benzene rings is 1. The Morgan fingerprint density at radius 3 is 2.50 bits per heavy atom. The van der Waals surface area contributed by atoms with Crippen LogP contribution in [0.2, 0.25) is 0 Å². The van der Waals surface area contributed by atoms with E-state index in [1.807, 2.05) is 40.1 Å². The van der Waals surface area contributed by atoms with Gasteiger partial charge in [0, 0.05) is 64.1 Å². The lowest BCUT2D eigenvalue weighted by molar-refractivity contribution is -0.127. The van der Waals surface area contributed by atoms with Crippen molar-refractivity contribution in [3.63, 3.8) is 0 Å². The second-order valence-corrected chi connectivity index (χ2v) is 7.83. The monoisotopic (exact) mass is 383 g/mol. The summed E-state index contributed by atoms with van der Waals surface area (Å²) < 4.78 is 5.71. The topological polar surface area (TPSA) is 53.1 Å². The standard InChI is InChI=1S/C22H29N3O3/c26-21(24-14-12-23(13-15-24)17-20-3-2-16-28-20)10-7-18-5-8-19(9-6-18)25-11-1-4-22(25)27/h5-10,20H,1-4,11-17H2/b10-7+. The Bertz CT molecular complexity index is 717. The summed E-state index contributed by atoms with van der Waals surface area (Å²) in [7, 11) is 0. The highest BCUT2D eigenvalue weighted by Gasteiger charge is 2.24. The smallest absolute Gasteiger partial charge is 0.246 e. The van der Waals surface area contributed by atoms with Crippen LogP contribution in [-0.2, 0) is 14.3 Å². The fourth-order valence-corrected chi connectivity index (χ4v) is 4.19. The zero-order chi connectivity index (χ0) is 19.3. The van der Waals surface area contributed by atoms with Gasteiger partial charge in [-0.05, 0) is 43.0 Å². The molecule has 2 amide bonds. The number of nitrogens with zero attached hydrogens (tertiary/aromatic N) is 3. The van der Waals surface area contributed by atoms with Gasteiger partial charge in [0.1, 0.15) is 0 Å². The maximum Gasteiger partial charge on any atom is 0.246 e. The van der Waals surface area contributed by atoms with Gasteiger partial charge in [0.2, 0.25) is 11.8 Å². The minimum absolute atomic E-state index is 0.0653. The van der Waals surface area contributed by atoms with Crippen molar-refractivity contribution >= 4 is 23.6 Å². The molecule has 0 bridgehead atoms. The van der Waals surface area contributed by atoms with Gasteiger partial charge in [0.05, 0.1) is 6.10 Å². The van der Waals surface area contributed by atoms with Crippen molar-refractivity contribution in [1.29, 1.82) is 0 Å². The maximum atomic E-state index is 12.5. The summed E-state index contributed by atoms with van der Waals surface area (Å²) in [6, 6.07) is 7.84. The Labute approximate surface area is 166 Å². The predicted octanol–water partition coefficient (Wildman–Crippen LogP) is 2.15. The fourth-order valence-electron chi connectivity index (χ4n) is 4.19. The summed E-state index contributed by atoms with van der Waals surface area (Å²) in [5.74, 6) is 0.257. The van der Waals surface area contributed by atoms with Gasteiger partial charge in [-0.1, -0.05) is 12.1 Å². The van der Waals surface area contributed by atoms with Crippen molar-refractivity contribution in [3.8, 4) is 0 Å². The van der Waals surface area contributed by atoms with Gasteiger partial charge in [-0.15, -0.1) is 0 Å². The molecule has 28 heavy (non-hydrogen) atoms.